The van der Waals surface area contributed by atoms with Gasteiger partial charge in [-0.1, -0.05) is 178 Å². The van der Waals surface area contributed by atoms with Gasteiger partial charge in [0.1, 0.15) is 0 Å². The third-order valence-electron chi connectivity index (χ3n) is 7.13. The third-order valence-corrected chi connectivity index (χ3v) is 11.4. The van der Waals surface area contributed by atoms with Gasteiger partial charge in [0, 0.05) is 0 Å². The molecule has 0 aromatic carbocycles. The molecule has 1 unspecified atom stereocenters. The minimum atomic E-state index is -0.561. The van der Waals surface area contributed by atoms with Crippen molar-refractivity contribution in [1.29, 1.82) is 0 Å². The molecule has 0 fully saturated rings. The van der Waals surface area contributed by atoms with Gasteiger partial charge in [-0.2, -0.15) is 0 Å². The molecule has 0 heterocycles. The maximum Gasteiger partial charge on any atom is 0.265 e. The highest BCUT2D eigenvalue weighted by atomic mass is 27.2. The van der Waals surface area contributed by atoms with Crippen LogP contribution in [0.15, 0.2) is 0 Å². The van der Waals surface area contributed by atoms with Crippen LogP contribution in [0.5, 0.6) is 0 Å². The Morgan fingerprint density at radius 3 is 1.14 bits per heavy atom. The molecule has 0 radical (unpaired) electrons. The molecule has 0 aliphatic carbocycles. The normalized spacial score (nSPS) is 12.4. The second-order valence-electron chi connectivity index (χ2n) is 9.98. The average molecular weight is 423 g/mol. The van der Waals surface area contributed by atoms with Gasteiger partial charge in [-0.05, 0) is 0 Å². The molecule has 1 atom stereocenters. The van der Waals surface area contributed by atoms with Crippen LogP contribution in [-0.2, 0) is 0 Å². The molecule has 29 heavy (non-hydrogen) atoms. The van der Waals surface area contributed by atoms with Gasteiger partial charge in [-0.15, -0.1) is 0 Å². The molecular formula is C28H59Al. The molecule has 0 aromatic rings. The van der Waals surface area contributed by atoms with Crippen molar-refractivity contribution in [2.75, 3.05) is 0 Å². The highest BCUT2D eigenvalue weighted by Crippen LogP contribution is 2.33. The molecule has 0 amide bonds. The van der Waals surface area contributed by atoms with Crippen molar-refractivity contribution in [1.82, 2.24) is 0 Å². The van der Waals surface area contributed by atoms with E-state index in [9.17, 15) is 0 Å². The maximum atomic E-state index is 2.36. The molecule has 0 spiro atoms. The van der Waals surface area contributed by atoms with Crippen LogP contribution in [0.1, 0.15) is 163 Å². The third kappa shape index (κ3) is 20.2. The van der Waals surface area contributed by atoms with Crippen LogP contribution >= 0.6 is 0 Å². The van der Waals surface area contributed by atoms with Gasteiger partial charge >= 0.3 is 0 Å². The zero-order valence-corrected chi connectivity index (χ0v) is 22.6. The van der Waals surface area contributed by atoms with Gasteiger partial charge < -0.3 is 0 Å². The van der Waals surface area contributed by atoms with Crippen LogP contribution in [0.2, 0.25) is 15.3 Å². The summed E-state index contributed by atoms with van der Waals surface area (Å²) in [5.41, 5.74) is 0. The molecule has 0 N–H and O–H groups in total. The Morgan fingerprint density at radius 1 is 0.379 bits per heavy atom. The Hall–Kier alpha value is 0.532. The highest BCUT2D eigenvalue weighted by Gasteiger charge is 2.26. The first-order valence-electron chi connectivity index (χ1n) is 14.3. The summed E-state index contributed by atoms with van der Waals surface area (Å²) in [4.78, 5) is 0. The van der Waals surface area contributed by atoms with Crippen molar-refractivity contribution < 1.29 is 0 Å². The molecule has 0 saturated heterocycles. The fourth-order valence-electron chi connectivity index (χ4n) is 5.10. The first-order chi connectivity index (χ1) is 14.3. The molecule has 0 nitrogen and oxygen atoms in total. The van der Waals surface area contributed by atoms with Gasteiger partial charge in [0.25, 0.3) is 14.1 Å². The largest absolute Gasteiger partial charge is 0.265 e. The highest BCUT2D eigenvalue weighted by molar-refractivity contribution is 6.60. The van der Waals surface area contributed by atoms with Crippen LogP contribution < -0.4 is 0 Å². The van der Waals surface area contributed by atoms with Crippen LogP contribution in [-0.4, -0.2) is 14.1 Å². The molecule has 0 aromatic heterocycles. The lowest BCUT2D eigenvalue weighted by molar-refractivity contribution is 0.535. The maximum absolute atomic E-state index is 2.36. The van der Waals surface area contributed by atoms with Gasteiger partial charge in [0.05, 0.1) is 0 Å². The lowest BCUT2D eigenvalue weighted by Crippen LogP contribution is -2.21. The lowest BCUT2D eigenvalue weighted by atomic mass is 10.0. The van der Waals surface area contributed by atoms with Gasteiger partial charge in [0.15, 0.2) is 0 Å². The summed E-state index contributed by atoms with van der Waals surface area (Å²) >= 11 is -0.561. The van der Waals surface area contributed by atoms with Crippen molar-refractivity contribution in [3.05, 3.63) is 0 Å². The average Bonchev–Trinajstić information content (AvgIpc) is 2.73. The Balaban J connectivity index is 4.55. The molecule has 0 rings (SSSR count). The fourth-order valence-corrected chi connectivity index (χ4v) is 9.37. The van der Waals surface area contributed by atoms with Crippen molar-refractivity contribution in [3.8, 4) is 0 Å². The van der Waals surface area contributed by atoms with Crippen LogP contribution in [0.3, 0.4) is 0 Å². The van der Waals surface area contributed by atoms with E-state index in [0.29, 0.717) is 0 Å². The molecule has 0 bridgehead atoms. The quantitative estimate of drug-likeness (QED) is 0.107. The van der Waals surface area contributed by atoms with Crippen molar-refractivity contribution >= 4 is 14.1 Å². The van der Waals surface area contributed by atoms with Crippen LogP contribution in [0, 0.1) is 0 Å². The number of hydrogen-bond acceptors (Lipinski definition) is 0. The second-order valence-corrected chi connectivity index (χ2v) is 13.6. The van der Waals surface area contributed by atoms with E-state index in [4.69, 9.17) is 0 Å². The zero-order valence-electron chi connectivity index (χ0n) is 21.4. The van der Waals surface area contributed by atoms with Crippen molar-refractivity contribution in [3.63, 3.8) is 0 Å². The Bertz CT molecular complexity index is 288. The van der Waals surface area contributed by atoms with E-state index < -0.39 is 14.1 Å². The summed E-state index contributed by atoms with van der Waals surface area (Å²) in [5.74, 6) is 0. The van der Waals surface area contributed by atoms with Crippen molar-refractivity contribution in [2.45, 2.75) is 178 Å². The van der Waals surface area contributed by atoms with Crippen LogP contribution in [0.25, 0.3) is 0 Å². The molecular weight excluding hydrogens is 363 g/mol. The SMILES string of the molecule is CCCCCCC[CH2][Al]([CH2]CCCCC)[CH](CCCCCC)CCCCCCC. The standard InChI is InChI=1S/C14H29.C8H17.C6H13.Al/c1-3-5-7-9-11-13-14-12-10-8-6-4-2;1-3-5-7-8-6-4-2;1-3-5-6-4-2;/h13H,3-12,14H2,1-2H3;1,3-8H2,2H3;1,3-6H2,2H3;. The molecule has 1 heteroatoms. The van der Waals surface area contributed by atoms with Crippen LogP contribution in [0.4, 0.5) is 0 Å². The number of unbranched alkanes of at least 4 members (excludes halogenated alkanes) is 15. The van der Waals surface area contributed by atoms with E-state index in [2.05, 4.69) is 27.7 Å². The number of rotatable bonds is 24. The molecule has 0 aliphatic rings. The first-order valence-corrected chi connectivity index (χ1v) is 16.6. The van der Waals surface area contributed by atoms with Gasteiger partial charge in [-0.3, -0.25) is 0 Å². The Labute approximate surface area is 191 Å². The fraction of sp³-hybridized carbons (Fsp3) is 1.00. The summed E-state index contributed by atoms with van der Waals surface area (Å²) in [6.45, 7) is 9.40. The van der Waals surface area contributed by atoms with Gasteiger partial charge in [-0.25, -0.2) is 0 Å². The summed E-state index contributed by atoms with van der Waals surface area (Å²) in [5, 5.41) is 3.34. The summed E-state index contributed by atoms with van der Waals surface area (Å²) in [7, 11) is 0. The predicted octanol–water partition coefficient (Wildman–Crippen LogP) is 11.1. The van der Waals surface area contributed by atoms with E-state index in [1.165, 1.54) is 114 Å². The zero-order chi connectivity index (χ0) is 21.4. The van der Waals surface area contributed by atoms with E-state index in [0.717, 1.165) is 0 Å². The topological polar surface area (TPSA) is 0 Å². The smallest absolute Gasteiger partial charge is 0.0937 e. The molecule has 174 valence electrons. The first kappa shape index (κ1) is 29.5. The van der Waals surface area contributed by atoms with E-state index >= 15 is 0 Å². The summed E-state index contributed by atoms with van der Waals surface area (Å²) in [6.07, 6.45) is 31.3. The minimum absolute atomic E-state index is 0.561. The minimum Gasteiger partial charge on any atom is -0.0937 e. The molecule has 0 saturated carbocycles. The van der Waals surface area contributed by atoms with Crippen molar-refractivity contribution in [2.24, 2.45) is 0 Å². The second kappa shape index (κ2) is 24.8. The monoisotopic (exact) mass is 422 g/mol. The Kier molecular flexibility index (Phi) is 25.3. The van der Waals surface area contributed by atoms with E-state index in [1.807, 2.05) is 0 Å². The number of hydrogen-bond donors (Lipinski definition) is 0. The summed E-state index contributed by atoms with van der Waals surface area (Å²) in [6, 6.07) is 0. The Morgan fingerprint density at radius 2 is 0.690 bits per heavy atom. The predicted molar refractivity (Wildman–Crippen MR) is 139 cm³/mol. The van der Waals surface area contributed by atoms with E-state index in [1.54, 1.807) is 36.2 Å². The van der Waals surface area contributed by atoms with Gasteiger partial charge in [0.2, 0.25) is 0 Å². The lowest BCUT2D eigenvalue weighted by Gasteiger charge is -2.24. The van der Waals surface area contributed by atoms with E-state index in [-0.39, 0.29) is 0 Å². The molecule has 0 aliphatic heterocycles. The summed E-state index contributed by atoms with van der Waals surface area (Å²) < 4.78 is 1.17.